The Morgan fingerprint density at radius 1 is 0.312 bits per heavy atom. The fourth-order valence-corrected chi connectivity index (χ4v) is 10.8. The van der Waals surface area contributed by atoms with Gasteiger partial charge in [0.25, 0.3) is 0 Å². The van der Waals surface area contributed by atoms with Crippen LogP contribution in [-0.4, -0.2) is 14.5 Å². The van der Waals surface area contributed by atoms with E-state index in [1.165, 1.54) is 63.6 Å². The summed E-state index contributed by atoms with van der Waals surface area (Å²) >= 11 is 1.83. The molecule has 0 bridgehead atoms. The first-order chi connectivity index (χ1) is 31.7. The Morgan fingerprint density at radius 3 is 1.75 bits per heavy atom. The van der Waals surface area contributed by atoms with Crippen LogP contribution in [0.15, 0.2) is 224 Å². The van der Waals surface area contributed by atoms with Crippen LogP contribution in [0.4, 0.5) is 0 Å². The van der Waals surface area contributed by atoms with E-state index in [4.69, 9.17) is 9.97 Å². The highest BCUT2D eigenvalue weighted by molar-refractivity contribution is 7.25. The second-order valence-electron chi connectivity index (χ2n) is 16.5. The number of rotatable bonds is 6. The highest BCUT2D eigenvalue weighted by atomic mass is 32.1. The summed E-state index contributed by atoms with van der Waals surface area (Å²) in [7, 11) is 0. The Morgan fingerprint density at radius 2 is 0.922 bits per heavy atom. The first-order valence-electron chi connectivity index (χ1n) is 21.7. The molecule has 3 aromatic heterocycles. The Hall–Kier alpha value is -8.18. The van der Waals surface area contributed by atoms with Crippen LogP contribution in [0.3, 0.4) is 0 Å². The van der Waals surface area contributed by atoms with Crippen molar-refractivity contribution in [2.24, 2.45) is 0 Å². The van der Waals surface area contributed by atoms with E-state index >= 15 is 0 Å². The molecule has 0 unspecified atom stereocenters. The highest BCUT2D eigenvalue weighted by Gasteiger charge is 2.19. The summed E-state index contributed by atoms with van der Waals surface area (Å²) < 4.78 is 4.99. The number of para-hydroxylation sites is 1. The van der Waals surface area contributed by atoms with Gasteiger partial charge in [-0.05, 0) is 104 Å². The maximum atomic E-state index is 5.50. The average Bonchev–Trinajstić information content (AvgIpc) is 3.91. The molecule has 0 aliphatic heterocycles. The number of aromatic nitrogens is 3. The van der Waals surface area contributed by atoms with E-state index in [1.54, 1.807) is 0 Å². The number of nitrogens with zero attached hydrogens (tertiary/aromatic N) is 3. The van der Waals surface area contributed by atoms with Gasteiger partial charge in [-0.15, -0.1) is 11.3 Å². The van der Waals surface area contributed by atoms with Gasteiger partial charge < -0.3 is 4.57 Å². The van der Waals surface area contributed by atoms with E-state index in [0.717, 1.165) is 55.9 Å². The van der Waals surface area contributed by atoms with Crippen LogP contribution in [0.2, 0.25) is 0 Å². The van der Waals surface area contributed by atoms with Gasteiger partial charge in [0.15, 0.2) is 5.82 Å². The minimum atomic E-state index is 0.672. The standard InChI is InChI=1S/C60H37N3S/c1-3-15-38(16-4-1)40-27-29-50-49-23-11-13-25-56(49)63(57(50)36-40)45-32-43(52-34-41-19-7-8-20-46(41)47-21-9-10-22-48(47)52)31-44(33-45)60-61-54(39-17-5-2-6-18-39)37-55(62-60)42-28-30-59-53(35-42)51-24-12-14-26-58(51)64-59/h1-37H. The predicted octanol–water partition coefficient (Wildman–Crippen LogP) is 16.6. The first kappa shape index (κ1) is 36.5. The largest absolute Gasteiger partial charge is 0.309 e. The fourth-order valence-electron chi connectivity index (χ4n) is 9.74. The number of hydrogen-bond acceptors (Lipinski definition) is 3. The second-order valence-corrected chi connectivity index (χ2v) is 17.6. The van der Waals surface area contributed by atoms with Gasteiger partial charge in [0.2, 0.25) is 0 Å². The molecule has 0 saturated carbocycles. The van der Waals surface area contributed by atoms with Crippen LogP contribution in [0.1, 0.15) is 0 Å². The molecule has 298 valence electrons. The third-order valence-corrected chi connectivity index (χ3v) is 13.9. The maximum absolute atomic E-state index is 5.50. The second kappa shape index (κ2) is 14.7. The van der Waals surface area contributed by atoms with Gasteiger partial charge in [0, 0.05) is 53.3 Å². The Labute approximate surface area is 373 Å². The molecule has 13 aromatic rings. The molecular formula is C60H37N3S. The lowest BCUT2D eigenvalue weighted by Gasteiger charge is -2.17. The molecule has 4 heteroatoms. The predicted molar refractivity (Wildman–Crippen MR) is 271 cm³/mol. The summed E-state index contributed by atoms with van der Waals surface area (Å²) in [4.78, 5) is 10.9. The third kappa shape index (κ3) is 6.03. The van der Waals surface area contributed by atoms with Gasteiger partial charge >= 0.3 is 0 Å². The van der Waals surface area contributed by atoms with Crippen molar-refractivity contribution in [2.45, 2.75) is 0 Å². The van der Waals surface area contributed by atoms with Crippen molar-refractivity contribution in [3.8, 4) is 61.8 Å². The maximum Gasteiger partial charge on any atom is 0.160 e. The van der Waals surface area contributed by atoms with E-state index in [1.807, 2.05) is 11.3 Å². The van der Waals surface area contributed by atoms with E-state index in [-0.39, 0.29) is 0 Å². The highest BCUT2D eigenvalue weighted by Crippen LogP contribution is 2.42. The molecule has 0 aliphatic rings. The number of fused-ring (bicyclic) bond motifs is 9. The average molecular weight is 832 g/mol. The minimum absolute atomic E-state index is 0.672. The molecule has 13 rings (SSSR count). The van der Waals surface area contributed by atoms with Crippen molar-refractivity contribution in [1.29, 1.82) is 0 Å². The summed E-state index contributed by atoms with van der Waals surface area (Å²) in [6.45, 7) is 0. The molecule has 0 saturated heterocycles. The monoisotopic (exact) mass is 831 g/mol. The van der Waals surface area contributed by atoms with E-state index < -0.39 is 0 Å². The number of thiophene rings is 1. The van der Waals surface area contributed by atoms with Crippen LogP contribution in [0.5, 0.6) is 0 Å². The quantitative estimate of drug-likeness (QED) is 0.156. The first-order valence-corrected chi connectivity index (χ1v) is 22.5. The van der Waals surface area contributed by atoms with Crippen molar-refractivity contribution in [3.05, 3.63) is 224 Å². The molecule has 10 aromatic carbocycles. The summed E-state index contributed by atoms with van der Waals surface area (Å²) in [6.07, 6.45) is 0. The zero-order chi connectivity index (χ0) is 42.1. The lowest BCUT2D eigenvalue weighted by atomic mass is 9.92. The summed E-state index contributed by atoms with van der Waals surface area (Å²) in [6, 6.07) is 81.2. The van der Waals surface area contributed by atoms with E-state index in [0.29, 0.717) is 5.82 Å². The van der Waals surface area contributed by atoms with Crippen LogP contribution in [0, 0.1) is 0 Å². The fraction of sp³-hybridized carbons (Fsp3) is 0. The molecule has 0 spiro atoms. The molecule has 3 nitrogen and oxygen atoms in total. The summed E-state index contributed by atoms with van der Waals surface area (Å²) in [5.41, 5.74) is 12.8. The molecule has 0 N–H and O–H groups in total. The van der Waals surface area contributed by atoms with Crippen LogP contribution >= 0.6 is 11.3 Å². The van der Waals surface area contributed by atoms with Crippen LogP contribution in [0.25, 0.3) is 125 Å². The van der Waals surface area contributed by atoms with Gasteiger partial charge in [-0.25, -0.2) is 9.97 Å². The molecular weight excluding hydrogens is 795 g/mol. The topological polar surface area (TPSA) is 30.7 Å². The molecule has 0 atom stereocenters. The zero-order valence-electron chi connectivity index (χ0n) is 34.6. The minimum Gasteiger partial charge on any atom is -0.309 e. The SMILES string of the molecule is c1ccc(-c2ccc3c4ccccc4n(-c4cc(-c5nc(-c6ccccc6)cc(-c6ccc7sc8ccccc8c7c6)n5)cc(-c5cc6ccccc6c6ccccc56)c4)c3c2)cc1. The lowest BCUT2D eigenvalue weighted by molar-refractivity contribution is 1.16. The van der Waals surface area contributed by atoms with Crippen molar-refractivity contribution in [2.75, 3.05) is 0 Å². The van der Waals surface area contributed by atoms with Crippen molar-refractivity contribution >= 4 is 74.9 Å². The molecule has 0 fully saturated rings. The molecule has 0 aliphatic carbocycles. The number of hydrogen-bond donors (Lipinski definition) is 0. The van der Waals surface area contributed by atoms with Crippen LogP contribution < -0.4 is 0 Å². The van der Waals surface area contributed by atoms with Gasteiger partial charge in [-0.2, -0.15) is 0 Å². The van der Waals surface area contributed by atoms with Gasteiger partial charge in [-0.1, -0.05) is 164 Å². The number of benzene rings is 10. The van der Waals surface area contributed by atoms with E-state index in [2.05, 4.69) is 229 Å². The molecule has 0 radical (unpaired) electrons. The normalized spacial score (nSPS) is 11.8. The Balaban J connectivity index is 1.11. The lowest BCUT2D eigenvalue weighted by Crippen LogP contribution is -2.00. The smallest absolute Gasteiger partial charge is 0.160 e. The summed E-state index contributed by atoms with van der Waals surface area (Å²) in [5.74, 6) is 0.672. The molecule has 3 heterocycles. The molecule has 64 heavy (non-hydrogen) atoms. The van der Waals surface area contributed by atoms with Gasteiger partial charge in [0.05, 0.1) is 22.4 Å². The third-order valence-electron chi connectivity index (χ3n) is 12.8. The zero-order valence-corrected chi connectivity index (χ0v) is 35.4. The van der Waals surface area contributed by atoms with Crippen molar-refractivity contribution < 1.29 is 0 Å². The van der Waals surface area contributed by atoms with E-state index in [9.17, 15) is 0 Å². The van der Waals surface area contributed by atoms with Gasteiger partial charge in [0.1, 0.15) is 0 Å². The van der Waals surface area contributed by atoms with Crippen molar-refractivity contribution in [1.82, 2.24) is 14.5 Å². The van der Waals surface area contributed by atoms with Crippen LogP contribution in [-0.2, 0) is 0 Å². The van der Waals surface area contributed by atoms with Gasteiger partial charge in [-0.3, -0.25) is 0 Å². The molecule has 0 amide bonds. The summed E-state index contributed by atoms with van der Waals surface area (Å²) in [5, 5.41) is 9.81. The van der Waals surface area contributed by atoms with Crippen molar-refractivity contribution in [3.63, 3.8) is 0 Å². The Bertz CT molecular complexity index is 3960. The Kier molecular flexibility index (Phi) is 8.40.